The van der Waals surface area contributed by atoms with Gasteiger partial charge in [0.15, 0.2) is 4.96 Å². The Morgan fingerprint density at radius 3 is 2.68 bits per heavy atom. The summed E-state index contributed by atoms with van der Waals surface area (Å²) in [7, 11) is 0. The highest BCUT2D eigenvalue weighted by Crippen LogP contribution is 2.21. The maximum Gasteiger partial charge on any atom is 0.274 e. The van der Waals surface area contributed by atoms with Crippen molar-refractivity contribution in [2.75, 3.05) is 0 Å². The summed E-state index contributed by atoms with van der Waals surface area (Å²) in [6.45, 7) is 4.08. The van der Waals surface area contributed by atoms with Crippen molar-refractivity contribution in [1.29, 1.82) is 0 Å². The van der Waals surface area contributed by atoms with Crippen LogP contribution < -0.4 is 10.1 Å². The molecule has 0 unspecified atom stereocenters. The van der Waals surface area contributed by atoms with E-state index in [1.807, 2.05) is 56.3 Å². The van der Waals surface area contributed by atoms with Crippen molar-refractivity contribution in [3.05, 3.63) is 74.0 Å². The Kier molecular flexibility index (Phi) is 2.87. The third kappa shape index (κ3) is 1.96. The number of aromatic nitrogens is 2. The summed E-state index contributed by atoms with van der Waals surface area (Å²) in [6.07, 6.45) is 1.93. The normalized spacial score (nSPS) is 12.5. The summed E-state index contributed by atoms with van der Waals surface area (Å²) in [4.78, 5) is 18.1. The van der Waals surface area contributed by atoms with Crippen LogP contribution in [0.3, 0.4) is 0 Å². The molecule has 108 valence electrons. The van der Waals surface area contributed by atoms with E-state index in [0.717, 1.165) is 37.2 Å². The van der Waals surface area contributed by atoms with E-state index >= 15 is 0 Å². The molecule has 0 saturated heterocycles. The van der Waals surface area contributed by atoms with Crippen LogP contribution in [0.1, 0.15) is 16.7 Å². The van der Waals surface area contributed by atoms with Crippen molar-refractivity contribution in [3.8, 4) is 0 Å². The second kappa shape index (κ2) is 4.78. The van der Waals surface area contributed by atoms with Crippen LogP contribution in [0.5, 0.6) is 0 Å². The van der Waals surface area contributed by atoms with Gasteiger partial charge in [0.25, 0.3) is 5.56 Å². The van der Waals surface area contributed by atoms with Crippen LogP contribution in [0.4, 0.5) is 0 Å². The van der Waals surface area contributed by atoms with Crippen molar-refractivity contribution in [2.24, 2.45) is 0 Å². The molecule has 2 aromatic carbocycles. The van der Waals surface area contributed by atoms with Crippen molar-refractivity contribution >= 4 is 33.4 Å². The molecule has 0 saturated carbocycles. The molecule has 0 N–H and O–H groups in total. The van der Waals surface area contributed by atoms with Crippen molar-refractivity contribution < 1.29 is 0 Å². The molecule has 0 bridgehead atoms. The molecule has 0 amide bonds. The van der Waals surface area contributed by atoms with Gasteiger partial charge >= 0.3 is 0 Å². The fourth-order valence-electron chi connectivity index (χ4n) is 2.81. The first kappa shape index (κ1) is 13.2. The molecule has 0 atom stereocenters. The Morgan fingerprint density at radius 1 is 1.14 bits per heavy atom. The summed E-state index contributed by atoms with van der Waals surface area (Å²) in [5.74, 6) is 0. The van der Waals surface area contributed by atoms with Crippen LogP contribution in [0.2, 0.25) is 0 Å². The van der Waals surface area contributed by atoms with E-state index in [1.54, 1.807) is 4.40 Å². The van der Waals surface area contributed by atoms with E-state index in [-0.39, 0.29) is 5.56 Å². The van der Waals surface area contributed by atoms with Gasteiger partial charge in [-0.2, -0.15) is 0 Å². The summed E-state index contributed by atoms with van der Waals surface area (Å²) >= 11 is 1.44. The molecule has 22 heavy (non-hydrogen) atoms. The summed E-state index contributed by atoms with van der Waals surface area (Å²) in [6, 6.07) is 14.0. The molecule has 0 spiro atoms. The van der Waals surface area contributed by atoms with Gasteiger partial charge in [-0.3, -0.25) is 4.79 Å². The van der Waals surface area contributed by atoms with Gasteiger partial charge in [0.1, 0.15) is 0 Å². The lowest BCUT2D eigenvalue weighted by Crippen LogP contribution is -2.22. The van der Waals surface area contributed by atoms with Gasteiger partial charge in [-0.25, -0.2) is 9.38 Å². The van der Waals surface area contributed by atoms with Crippen LogP contribution in [-0.2, 0) is 0 Å². The largest absolute Gasteiger partial charge is 0.274 e. The molecule has 3 nitrogen and oxygen atoms in total. The Labute approximate surface area is 131 Å². The Hall–Kier alpha value is -2.46. The minimum atomic E-state index is 0.0105. The van der Waals surface area contributed by atoms with Gasteiger partial charge in [-0.1, -0.05) is 47.7 Å². The lowest BCUT2D eigenvalue weighted by Gasteiger charge is -1.97. The van der Waals surface area contributed by atoms with Crippen LogP contribution >= 0.6 is 11.3 Å². The number of rotatable bonds is 1. The van der Waals surface area contributed by atoms with Crippen molar-refractivity contribution in [1.82, 2.24) is 9.38 Å². The van der Waals surface area contributed by atoms with E-state index in [9.17, 15) is 4.79 Å². The second-order valence-electron chi connectivity index (χ2n) is 5.51. The van der Waals surface area contributed by atoms with E-state index in [0.29, 0.717) is 0 Å². The minimum Gasteiger partial charge on any atom is -0.267 e. The van der Waals surface area contributed by atoms with Crippen molar-refractivity contribution in [3.63, 3.8) is 0 Å². The minimum absolute atomic E-state index is 0.0105. The molecule has 4 heteroatoms. The predicted octanol–water partition coefficient (Wildman–Crippen LogP) is 3.07. The number of thiazole rings is 1. The first-order valence-electron chi connectivity index (χ1n) is 7.12. The summed E-state index contributed by atoms with van der Waals surface area (Å²) in [5, 5.41) is 0. The quantitative estimate of drug-likeness (QED) is 0.541. The molecular formula is C18H14N2OS. The van der Waals surface area contributed by atoms with Gasteiger partial charge in [0.05, 0.1) is 15.6 Å². The molecule has 0 radical (unpaired) electrons. The molecule has 4 aromatic rings. The van der Waals surface area contributed by atoms with Gasteiger partial charge in [-0.15, -0.1) is 0 Å². The van der Waals surface area contributed by atoms with Crippen molar-refractivity contribution in [2.45, 2.75) is 13.8 Å². The Morgan fingerprint density at radius 2 is 1.91 bits per heavy atom. The fraction of sp³-hybridized carbons (Fsp3) is 0.111. The highest BCUT2D eigenvalue weighted by atomic mass is 32.1. The standard InChI is InChI=1S/C18H14N2OS/c1-11-8-12(2)16-14(9-11)20-17(21)15(22-18(20)19-16)10-13-6-4-3-5-7-13/h3-10H,1-2H3/b15-10+. The highest BCUT2D eigenvalue weighted by Gasteiger charge is 2.13. The number of nitrogens with zero attached hydrogens (tertiary/aromatic N) is 2. The lowest BCUT2D eigenvalue weighted by atomic mass is 10.1. The average molecular weight is 306 g/mol. The zero-order chi connectivity index (χ0) is 15.3. The number of hydrogen-bond acceptors (Lipinski definition) is 3. The highest BCUT2D eigenvalue weighted by molar-refractivity contribution is 7.15. The average Bonchev–Trinajstić information content (AvgIpc) is 2.99. The Bertz CT molecular complexity index is 1110. The molecule has 4 rings (SSSR count). The monoisotopic (exact) mass is 306 g/mol. The number of aryl methyl sites for hydroxylation is 2. The molecule has 0 fully saturated rings. The van der Waals surface area contributed by atoms with Crippen LogP contribution in [0, 0.1) is 13.8 Å². The SMILES string of the molecule is Cc1cc(C)c2nc3s/c(=C/c4ccccc4)c(=O)n3c2c1. The smallest absolute Gasteiger partial charge is 0.267 e. The van der Waals surface area contributed by atoms with E-state index in [4.69, 9.17) is 0 Å². The summed E-state index contributed by atoms with van der Waals surface area (Å²) < 4.78 is 2.45. The van der Waals surface area contributed by atoms with Gasteiger partial charge in [-0.05, 0) is 42.7 Å². The van der Waals surface area contributed by atoms with Gasteiger partial charge in [0, 0.05) is 0 Å². The van der Waals surface area contributed by atoms with Gasteiger partial charge < -0.3 is 0 Å². The molecule has 2 heterocycles. The third-order valence-corrected chi connectivity index (χ3v) is 4.75. The number of benzene rings is 2. The zero-order valence-electron chi connectivity index (χ0n) is 12.3. The lowest BCUT2D eigenvalue weighted by molar-refractivity contribution is 1.18. The number of imidazole rings is 1. The molecule has 0 aliphatic rings. The zero-order valence-corrected chi connectivity index (χ0v) is 13.1. The summed E-state index contributed by atoms with van der Waals surface area (Å²) in [5.41, 5.74) is 5.11. The molecular weight excluding hydrogens is 292 g/mol. The van der Waals surface area contributed by atoms with E-state index in [2.05, 4.69) is 11.1 Å². The van der Waals surface area contributed by atoms with E-state index in [1.165, 1.54) is 11.3 Å². The molecule has 0 aliphatic carbocycles. The van der Waals surface area contributed by atoms with Crippen LogP contribution in [-0.4, -0.2) is 9.38 Å². The van der Waals surface area contributed by atoms with E-state index < -0.39 is 0 Å². The maximum absolute atomic E-state index is 12.7. The number of fused-ring (bicyclic) bond motifs is 3. The van der Waals surface area contributed by atoms with Crippen LogP contribution in [0.15, 0.2) is 47.3 Å². The topological polar surface area (TPSA) is 34.4 Å². The second-order valence-corrected chi connectivity index (χ2v) is 6.51. The Balaban J connectivity index is 2.07. The first-order valence-corrected chi connectivity index (χ1v) is 7.94. The third-order valence-electron chi connectivity index (χ3n) is 3.78. The maximum atomic E-state index is 12.7. The first-order chi connectivity index (χ1) is 10.6. The fourth-order valence-corrected chi connectivity index (χ4v) is 3.79. The van der Waals surface area contributed by atoms with Crippen LogP contribution in [0.25, 0.3) is 22.1 Å². The molecule has 2 aromatic heterocycles. The predicted molar refractivity (Wildman–Crippen MR) is 91.5 cm³/mol. The number of hydrogen-bond donors (Lipinski definition) is 0. The molecule has 0 aliphatic heterocycles. The van der Waals surface area contributed by atoms with Gasteiger partial charge in [0.2, 0.25) is 0 Å².